The third-order valence-corrected chi connectivity index (χ3v) is 4.99. The summed E-state index contributed by atoms with van der Waals surface area (Å²) in [6.07, 6.45) is -2.36. The van der Waals surface area contributed by atoms with Gasteiger partial charge in [-0.1, -0.05) is 23.7 Å². The van der Waals surface area contributed by atoms with E-state index in [4.69, 9.17) is 16.3 Å². The minimum Gasteiger partial charge on any atom is -0.387 e. The molecule has 5 unspecified atom stereocenters. The number of rotatable bonds is 3. The second kappa shape index (κ2) is 6.61. The molecule has 0 spiro atoms. The maximum atomic E-state index is 10.6. The Morgan fingerprint density at radius 1 is 1.19 bits per heavy atom. The zero-order valence-electron chi connectivity index (χ0n) is 13.9. The Labute approximate surface area is 154 Å². The first-order valence-corrected chi connectivity index (χ1v) is 8.58. The fourth-order valence-electron chi connectivity index (χ4n) is 3.36. The highest BCUT2D eigenvalue weighted by molar-refractivity contribution is 6.30. The molecule has 8 heteroatoms. The second-order valence-corrected chi connectivity index (χ2v) is 6.83. The van der Waals surface area contributed by atoms with Gasteiger partial charge in [-0.15, -0.1) is 0 Å². The third-order valence-electron chi connectivity index (χ3n) is 4.76. The van der Waals surface area contributed by atoms with E-state index >= 15 is 0 Å². The van der Waals surface area contributed by atoms with Crippen LogP contribution in [0.25, 0.3) is 11.0 Å². The van der Waals surface area contributed by atoms with Gasteiger partial charge in [-0.3, -0.25) is 0 Å². The van der Waals surface area contributed by atoms with Crippen LogP contribution in [0.3, 0.4) is 0 Å². The van der Waals surface area contributed by atoms with Crippen LogP contribution in [-0.4, -0.2) is 48.2 Å². The van der Waals surface area contributed by atoms with E-state index in [2.05, 4.69) is 9.97 Å². The topological polar surface area (TPSA) is 101 Å². The molecule has 1 aliphatic heterocycles. The number of ether oxygens (including phenoxy) is 1. The molecule has 3 heterocycles. The van der Waals surface area contributed by atoms with Crippen LogP contribution in [-0.2, 0) is 4.74 Å². The molecule has 7 nitrogen and oxygen atoms in total. The van der Waals surface area contributed by atoms with Gasteiger partial charge in [0.2, 0.25) is 0 Å². The van der Waals surface area contributed by atoms with Crippen LogP contribution in [0.5, 0.6) is 0 Å². The number of aromatic nitrogens is 3. The van der Waals surface area contributed by atoms with Gasteiger partial charge < -0.3 is 24.6 Å². The molecule has 3 N–H and O–H groups in total. The summed E-state index contributed by atoms with van der Waals surface area (Å²) in [6.45, 7) is 1.86. The molecule has 1 saturated heterocycles. The van der Waals surface area contributed by atoms with Gasteiger partial charge in [0.25, 0.3) is 0 Å². The molecule has 4 rings (SSSR count). The standard InChI is InChI=1S/C18H18ClN3O4/c1-9-12-5-6-22(17(12)21-8-20-9)18-15(25)14(24)16(26-18)13(23)10-3-2-4-11(19)7-10/h2-8,13-16,18,23-25H,1H3. The van der Waals surface area contributed by atoms with E-state index in [1.54, 1.807) is 35.0 Å². The normalized spacial score (nSPS) is 27.1. The number of nitrogens with zero attached hydrogens (tertiary/aromatic N) is 3. The average molecular weight is 376 g/mol. The molecule has 0 amide bonds. The number of hydrogen-bond acceptors (Lipinski definition) is 6. The highest BCUT2D eigenvalue weighted by atomic mass is 35.5. The molecule has 0 aliphatic carbocycles. The van der Waals surface area contributed by atoms with E-state index in [-0.39, 0.29) is 0 Å². The number of aryl methyl sites for hydroxylation is 1. The lowest BCUT2D eigenvalue weighted by Crippen LogP contribution is -2.34. The van der Waals surface area contributed by atoms with E-state index in [1.165, 1.54) is 6.33 Å². The lowest BCUT2D eigenvalue weighted by atomic mass is 9.99. The highest BCUT2D eigenvalue weighted by Crippen LogP contribution is 2.37. The Morgan fingerprint density at radius 2 is 2.00 bits per heavy atom. The quantitative estimate of drug-likeness (QED) is 0.644. The SMILES string of the molecule is Cc1ncnc2c1ccn2C1OC(C(O)c2cccc(Cl)c2)C(O)C1O. The fourth-order valence-corrected chi connectivity index (χ4v) is 3.56. The van der Waals surface area contributed by atoms with Crippen molar-refractivity contribution in [1.29, 1.82) is 0 Å². The zero-order valence-corrected chi connectivity index (χ0v) is 14.7. The smallest absolute Gasteiger partial charge is 0.164 e. The molecule has 1 fully saturated rings. The summed E-state index contributed by atoms with van der Waals surface area (Å²) in [5.41, 5.74) is 1.90. The van der Waals surface area contributed by atoms with Crippen molar-refractivity contribution in [2.45, 2.75) is 37.6 Å². The van der Waals surface area contributed by atoms with E-state index in [0.717, 1.165) is 11.1 Å². The van der Waals surface area contributed by atoms with Crippen LogP contribution in [0.1, 0.15) is 23.6 Å². The Balaban J connectivity index is 1.66. The van der Waals surface area contributed by atoms with Gasteiger partial charge in [-0.25, -0.2) is 9.97 Å². The van der Waals surface area contributed by atoms with Gasteiger partial charge in [-0.05, 0) is 30.7 Å². The Morgan fingerprint density at radius 3 is 2.77 bits per heavy atom. The second-order valence-electron chi connectivity index (χ2n) is 6.39. The first-order chi connectivity index (χ1) is 12.5. The number of aliphatic hydroxyl groups excluding tert-OH is 3. The minimum atomic E-state index is -1.27. The van der Waals surface area contributed by atoms with Crippen molar-refractivity contribution in [2.24, 2.45) is 0 Å². The summed E-state index contributed by atoms with van der Waals surface area (Å²) in [5, 5.41) is 32.9. The molecule has 136 valence electrons. The van der Waals surface area contributed by atoms with E-state index in [0.29, 0.717) is 16.2 Å². The molecule has 26 heavy (non-hydrogen) atoms. The average Bonchev–Trinajstić information content (AvgIpc) is 3.18. The molecule has 3 aromatic rings. The molecule has 0 saturated carbocycles. The maximum Gasteiger partial charge on any atom is 0.164 e. The van der Waals surface area contributed by atoms with Gasteiger partial charge in [0.1, 0.15) is 36.4 Å². The molecule has 5 atom stereocenters. The van der Waals surface area contributed by atoms with Gasteiger partial charge in [0.05, 0.1) is 5.69 Å². The molecule has 2 aromatic heterocycles. The first kappa shape index (κ1) is 17.4. The molecule has 1 aromatic carbocycles. The van der Waals surface area contributed by atoms with Crippen LogP contribution in [0.4, 0.5) is 0 Å². The number of hydrogen-bond donors (Lipinski definition) is 3. The predicted molar refractivity (Wildman–Crippen MR) is 94.6 cm³/mol. The summed E-state index contributed by atoms with van der Waals surface area (Å²) >= 11 is 5.97. The summed E-state index contributed by atoms with van der Waals surface area (Å²) in [5.74, 6) is 0. The van der Waals surface area contributed by atoms with E-state index in [9.17, 15) is 15.3 Å². The molecular weight excluding hydrogens is 358 g/mol. The Hall–Kier alpha value is -2.03. The summed E-state index contributed by atoms with van der Waals surface area (Å²) in [4.78, 5) is 8.39. The van der Waals surface area contributed by atoms with Crippen molar-refractivity contribution in [3.8, 4) is 0 Å². The molecule has 0 radical (unpaired) electrons. The van der Waals surface area contributed by atoms with Crippen LogP contribution in [0, 0.1) is 6.92 Å². The molecule has 1 aliphatic rings. The van der Waals surface area contributed by atoms with Crippen molar-refractivity contribution in [3.05, 3.63) is 59.1 Å². The van der Waals surface area contributed by atoms with Crippen molar-refractivity contribution < 1.29 is 20.1 Å². The van der Waals surface area contributed by atoms with Crippen LogP contribution in [0.2, 0.25) is 5.02 Å². The van der Waals surface area contributed by atoms with Gasteiger partial charge in [-0.2, -0.15) is 0 Å². The zero-order chi connectivity index (χ0) is 18.4. The first-order valence-electron chi connectivity index (χ1n) is 8.20. The molecule has 0 bridgehead atoms. The predicted octanol–water partition coefficient (Wildman–Crippen LogP) is 1.75. The lowest BCUT2D eigenvalue weighted by Gasteiger charge is -2.21. The van der Waals surface area contributed by atoms with Crippen molar-refractivity contribution in [2.75, 3.05) is 0 Å². The van der Waals surface area contributed by atoms with Crippen LogP contribution in [0.15, 0.2) is 42.9 Å². The van der Waals surface area contributed by atoms with E-state index < -0.39 is 30.6 Å². The van der Waals surface area contributed by atoms with Gasteiger partial charge in [0.15, 0.2) is 6.23 Å². The maximum absolute atomic E-state index is 10.6. The number of benzene rings is 1. The van der Waals surface area contributed by atoms with E-state index in [1.807, 2.05) is 13.0 Å². The summed E-state index contributed by atoms with van der Waals surface area (Å²) in [7, 11) is 0. The fraction of sp³-hybridized carbons (Fsp3) is 0.333. The summed E-state index contributed by atoms with van der Waals surface area (Å²) in [6, 6.07) is 8.51. The number of fused-ring (bicyclic) bond motifs is 1. The van der Waals surface area contributed by atoms with Crippen molar-refractivity contribution >= 4 is 22.6 Å². The number of halogens is 1. The Kier molecular flexibility index (Phi) is 4.42. The minimum absolute atomic E-state index is 0.467. The summed E-state index contributed by atoms with van der Waals surface area (Å²) < 4.78 is 7.49. The molecular formula is C18H18ClN3O4. The Bertz CT molecular complexity index is 947. The van der Waals surface area contributed by atoms with Crippen LogP contribution < -0.4 is 0 Å². The van der Waals surface area contributed by atoms with Gasteiger partial charge in [0, 0.05) is 16.6 Å². The van der Waals surface area contributed by atoms with Crippen molar-refractivity contribution in [1.82, 2.24) is 14.5 Å². The third kappa shape index (κ3) is 2.78. The van der Waals surface area contributed by atoms with Gasteiger partial charge >= 0.3 is 0 Å². The lowest BCUT2D eigenvalue weighted by molar-refractivity contribution is -0.0848. The number of aliphatic hydroxyl groups is 3. The largest absolute Gasteiger partial charge is 0.387 e. The van der Waals surface area contributed by atoms with Crippen LogP contribution >= 0.6 is 11.6 Å². The van der Waals surface area contributed by atoms with Crippen molar-refractivity contribution in [3.63, 3.8) is 0 Å². The highest BCUT2D eigenvalue weighted by Gasteiger charge is 2.47. The monoisotopic (exact) mass is 375 g/mol.